The van der Waals surface area contributed by atoms with E-state index in [1.807, 2.05) is 0 Å². The van der Waals surface area contributed by atoms with E-state index in [1.54, 1.807) is 61.5 Å². The van der Waals surface area contributed by atoms with Gasteiger partial charge in [-0.05, 0) is 36.3 Å². The predicted molar refractivity (Wildman–Crippen MR) is 137 cm³/mol. The van der Waals surface area contributed by atoms with Gasteiger partial charge in [0.15, 0.2) is 0 Å². The van der Waals surface area contributed by atoms with Crippen LogP contribution in [0.3, 0.4) is 0 Å². The number of methoxy groups -OCH3 is 1. The van der Waals surface area contributed by atoms with E-state index in [0.29, 0.717) is 21.2 Å². The summed E-state index contributed by atoms with van der Waals surface area (Å²) in [6.07, 6.45) is 1.61. The number of esters is 2. The summed E-state index contributed by atoms with van der Waals surface area (Å²) in [7, 11) is 1.22. The van der Waals surface area contributed by atoms with E-state index in [2.05, 4.69) is 0 Å². The topological polar surface area (TPSA) is 101 Å². The Kier molecular flexibility index (Phi) is 7.16. The summed E-state index contributed by atoms with van der Waals surface area (Å²) in [4.78, 5) is 39.7. The lowest BCUT2D eigenvalue weighted by atomic mass is 9.83. The van der Waals surface area contributed by atoms with E-state index in [0.717, 1.165) is 15.9 Å². The van der Waals surface area contributed by atoms with Gasteiger partial charge >= 0.3 is 11.9 Å². The van der Waals surface area contributed by atoms with Crippen LogP contribution in [0.2, 0.25) is 10.0 Å². The molecule has 0 amide bonds. The molecule has 0 radical (unpaired) electrons. The monoisotopic (exact) mass is 530 g/mol. The summed E-state index contributed by atoms with van der Waals surface area (Å²) < 4.78 is 12.0. The van der Waals surface area contributed by atoms with Crippen molar-refractivity contribution >= 4 is 63.9 Å². The molecule has 2 heterocycles. The molecule has 4 rings (SSSR count). The third-order valence-corrected chi connectivity index (χ3v) is 7.25. The van der Waals surface area contributed by atoms with Crippen molar-refractivity contribution in [2.75, 3.05) is 13.7 Å². The van der Waals surface area contributed by atoms with Crippen molar-refractivity contribution in [1.82, 2.24) is 4.57 Å². The fourth-order valence-electron chi connectivity index (χ4n) is 3.92. The Labute approximate surface area is 214 Å². The molecule has 1 aliphatic heterocycles. The van der Waals surface area contributed by atoms with Gasteiger partial charge in [-0.3, -0.25) is 9.36 Å². The maximum absolute atomic E-state index is 13.5. The molecule has 35 heavy (non-hydrogen) atoms. The minimum atomic E-state index is -1.01. The van der Waals surface area contributed by atoms with E-state index < -0.39 is 23.4 Å². The molecule has 180 valence electrons. The normalized spacial score (nSPS) is 15.7. The first-order valence-corrected chi connectivity index (χ1v) is 12.1. The molecule has 10 heteroatoms. The van der Waals surface area contributed by atoms with Crippen molar-refractivity contribution in [1.29, 1.82) is 0 Å². The van der Waals surface area contributed by atoms with Crippen molar-refractivity contribution in [3.8, 4) is 0 Å². The number of rotatable bonds is 5. The molecule has 1 atom stereocenters. The minimum Gasteiger partial charge on any atom is -0.466 e. The molecular formula is C25H20Cl2N2O5S. The van der Waals surface area contributed by atoms with E-state index in [4.69, 9.17) is 38.4 Å². The van der Waals surface area contributed by atoms with Crippen molar-refractivity contribution < 1.29 is 19.1 Å². The summed E-state index contributed by atoms with van der Waals surface area (Å²) >= 11 is 13.8. The first kappa shape index (κ1) is 24.8. The largest absolute Gasteiger partial charge is 0.466 e. The maximum Gasteiger partial charge on any atom is 0.338 e. The Morgan fingerprint density at radius 2 is 1.71 bits per heavy atom. The van der Waals surface area contributed by atoms with Crippen LogP contribution in [0.4, 0.5) is 0 Å². The number of carbonyl (C=O) groups excluding carboxylic acids is 2. The highest BCUT2D eigenvalue weighted by atomic mass is 35.5. The van der Waals surface area contributed by atoms with Gasteiger partial charge in [-0.25, -0.2) is 9.59 Å². The fraction of sp³-hybridized carbons (Fsp3) is 0.160. The second kappa shape index (κ2) is 10.1. The Bertz CT molecular complexity index is 1550. The molecule has 0 saturated heterocycles. The fourth-order valence-corrected chi connectivity index (χ4v) is 5.51. The van der Waals surface area contributed by atoms with Crippen LogP contribution in [0.1, 0.15) is 24.0 Å². The third-order valence-electron chi connectivity index (χ3n) is 5.46. The van der Waals surface area contributed by atoms with Crippen LogP contribution in [0, 0.1) is 0 Å². The Balaban J connectivity index is 2.16. The second-order valence-corrected chi connectivity index (χ2v) is 9.30. The van der Waals surface area contributed by atoms with Crippen LogP contribution in [0.25, 0.3) is 17.5 Å². The molecule has 0 bridgehead atoms. The quantitative estimate of drug-likeness (QED) is 0.509. The summed E-state index contributed by atoms with van der Waals surface area (Å²) in [6.45, 7) is 1.71. The van der Waals surface area contributed by atoms with Crippen molar-refractivity contribution in [3.05, 3.63) is 94.8 Å². The highest BCUT2D eigenvalue weighted by Gasteiger charge is 2.40. The summed E-state index contributed by atoms with van der Waals surface area (Å²) in [6, 6.07) is 13.8. The zero-order valence-electron chi connectivity index (χ0n) is 18.7. The molecule has 2 aromatic carbocycles. The number of hydrogen-bond acceptors (Lipinski definition) is 7. The number of thiazole rings is 1. The average molecular weight is 531 g/mol. The first-order chi connectivity index (χ1) is 16.8. The van der Waals surface area contributed by atoms with Gasteiger partial charge in [-0.15, -0.1) is 11.3 Å². The van der Waals surface area contributed by atoms with Crippen LogP contribution in [0.15, 0.2) is 58.9 Å². The van der Waals surface area contributed by atoms with E-state index in [9.17, 15) is 14.4 Å². The average Bonchev–Trinajstić information content (AvgIpc) is 3.16. The smallest absolute Gasteiger partial charge is 0.338 e. The third kappa shape index (κ3) is 4.40. The van der Waals surface area contributed by atoms with Gasteiger partial charge in [0.2, 0.25) is 0 Å². The molecule has 0 saturated carbocycles. The van der Waals surface area contributed by atoms with E-state index in [-0.39, 0.29) is 32.8 Å². The Morgan fingerprint density at radius 3 is 2.34 bits per heavy atom. The highest BCUT2D eigenvalue weighted by Crippen LogP contribution is 2.40. The Morgan fingerprint density at radius 1 is 1.06 bits per heavy atom. The SMILES string of the molecule is CCOC(=O)C1=C(N)n2c(sc(=Cc3ccccc3Cl)c2=O)=C(C(=O)OC)C1c1ccccc1Cl. The van der Waals surface area contributed by atoms with Crippen LogP contribution >= 0.6 is 34.5 Å². The number of carbonyl (C=O) groups is 2. The number of nitrogens with two attached hydrogens (primary N) is 1. The molecule has 0 fully saturated rings. The number of halogens is 2. The van der Waals surface area contributed by atoms with Crippen LogP contribution < -0.4 is 20.5 Å². The number of nitrogens with zero attached hydrogens (tertiary/aromatic N) is 1. The minimum absolute atomic E-state index is 0.0544. The lowest BCUT2D eigenvalue weighted by molar-refractivity contribution is -0.138. The molecule has 1 aliphatic rings. The number of aromatic nitrogens is 1. The van der Waals surface area contributed by atoms with Gasteiger partial charge in [-0.1, -0.05) is 59.6 Å². The van der Waals surface area contributed by atoms with Crippen molar-refractivity contribution in [3.63, 3.8) is 0 Å². The molecule has 2 N–H and O–H groups in total. The number of ether oxygens (including phenoxy) is 2. The lowest BCUT2D eigenvalue weighted by Gasteiger charge is -2.27. The van der Waals surface area contributed by atoms with Gasteiger partial charge in [0, 0.05) is 10.0 Å². The first-order valence-electron chi connectivity index (χ1n) is 10.5. The van der Waals surface area contributed by atoms with E-state index >= 15 is 0 Å². The van der Waals surface area contributed by atoms with Gasteiger partial charge in [0.1, 0.15) is 10.5 Å². The number of benzene rings is 2. The molecule has 0 aliphatic carbocycles. The van der Waals surface area contributed by atoms with Crippen molar-refractivity contribution in [2.45, 2.75) is 12.8 Å². The zero-order valence-corrected chi connectivity index (χ0v) is 21.0. The molecular weight excluding hydrogens is 511 g/mol. The summed E-state index contributed by atoms with van der Waals surface area (Å²) in [5, 5.41) is 0.758. The van der Waals surface area contributed by atoms with Gasteiger partial charge < -0.3 is 15.2 Å². The molecule has 0 spiro atoms. The van der Waals surface area contributed by atoms with Crippen LogP contribution in [-0.2, 0) is 19.1 Å². The van der Waals surface area contributed by atoms with Gasteiger partial charge in [0.25, 0.3) is 5.56 Å². The molecule has 1 unspecified atom stereocenters. The van der Waals surface area contributed by atoms with Crippen LogP contribution in [-0.4, -0.2) is 30.2 Å². The lowest BCUT2D eigenvalue weighted by Crippen LogP contribution is -2.41. The number of fused-ring (bicyclic) bond motifs is 1. The van der Waals surface area contributed by atoms with Gasteiger partial charge in [-0.2, -0.15) is 0 Å². The van der Waals surface area contributed by atoms with Crippen LogP contribution in [0.5, 0.6) is 0 Å². The maximum atomic E-state index is 13.5. The second-order valence-electron chi connectivity index (χ2n) is 7.46. The summed E-state index contributed by atoms with van der Waals surface area (Å²) in [5.74, 6) is -2.65. The number of hydrogen-bond donors (Lipinski definition) is 1. The van der Waals surface area contributed by atoms with Crippen molar-refractivity contribution in [2.24, 2.45) is 5.73 Å². The molecule has 7 nitrogen and oxygen atoms in total. The van der Waals surface area contributed by atoms with Gasteiger partial charge in [0.05, 0.1) is 35.3 Å². The zero-order chi connectivity index (χ0) is 25.3. The predicted octanol–water partition coefficient (Wildman–Crippen LogP) is 2.86. The standard InChI is InChI=1S/C25H20Cl2N2O5S/c1-3-34-25(32)19-18(14-9-5-7-11-16(14)27)20(24(31)33-2)23-29(21(19)28)22(30)17(35-23)12-13-8-4-6-10-15(13)26/h4-12,18H,3,28H2,1-2H3. The molecule has 1 aromatic heterocycles. The molecule has 3 aromatic rings. The highest BCUT2D eigenvalue weighted by molar-refractivity contribution is 7.07. The Hall–Kier alpha value is -3.33. The van der Waals surface area contributed by atoms with E-state index in [1.165, 1.54) is 7.11 Å². The summed E-state index contributed by atoms with van der Waals surface area (Å²) in [5.41, 5.74) is 6.97.